The topological polar surface area (TPSA) is 61.8 Å². The van der Waals surface area contributed by atoms with Gasteiger partial charge in [-0.3, -0.25) is 0 Å². The van der Waals surface area contributed by atoms with E-state index >= 15 is 0 Å². The quantitative estimate of drug-likeness (QED) is 0.815. The average molecular weight is 298 g/mol. The number of aliphatic hydroxyl groups is 1. The number of hydrogen-bond acceptors (Lipinski definition) is 4. The molecule has 0 unspecified atom stereocenters. The molecule has 2 aliphatic rings. The van der Waals surface area contributed by atoms with Crippen LogP contribution < -0.4 is 5.32 Å². The van der Waals surface area contributed by atoms with Gasteiger partial charge in [0.1, 0.15) is 0 Å². The molecule has 2 rings (SSSR count). The van der Waals surface area contributed by atoms with Gasteiger partial charge in [-0.05, 0) is 37.5 Å². The lowest BCUT2D eigenvalue weighted by Gasteiger charge is -2.34. The Bertz CT molecular complexity index is 327. The van der Waals surface area contributed by atoms with Crippen LogP contribution >= 0.6 is 0 Å². The zero-order valence-corrected chi connectivity index (χ0v) is 13.4. The summed E-state index contributed by atoms with van der Waals surface area (Å²) in [6.45, 7) is 6.41. The van der Waals surface area contributed by atoms with Gasteiger partial charge in [-0.2, -0.15) is 0 Å². The van der Waals surface area contributed by atoms with Crippen molar-refractivity contribution in [1.29, 1.82) is 0 Å². The maximum absolute atomic E-state index is 11.9. The Labute approximate surface area is 128 Å². The molecule has 0 radical (unpaired) electrons. The highest BCUT2D eigenvalue weighted by Crippen LogP contribution is 2.26. The summed E-state index contributed by atoms with van der Waals surface area (Å²) in [4.78, 5) is 13.7. The molecule has 0 spiro atoms. The molecule has 0 aromatic rings. The summed E-state index contributed by atoms with van der Waals surface area (Å²) < 4.78 is 5.28. The molecule has 1 aliphatic heterocycles. The number of ether oxygens (including phenoxy) is 1. The Morgan fingerprint density at radius 3 is 2.62 bits per heavy atom. The third-order valence-corrected chi connectivity index (χ3v) is 4.64. The van der Waals surface area contributed by atoms with Gasteiger partial charge in [0.2, 0.25) is 0 Å². The molecule has 5 nitrogen and oxygen atoms in total. The molecule has 2 fully saturated rings. The van der Waals surface area contributed by atoms with Crippen molar-refractivity contribution >= 4 is 6.09 Å². The minimum atomic E-state index is -0.170. The predicted molar refractivity (Wildman–Crippen MR) is 82.1 cm³/mol. The number of likely N-dealkylation sites (tertiary alicyclic amines) is 1. The van der Waals surface area contributed by atoms with Crippen LogP contribution in [0.3, 0.4) is 0 Å². The van der Waals surface area contributed by atoms with E-state index in [9.17, 15) is 9.90 Å². The molecule has 1 amide bonds. The normalized spacial score (nSPS) is 27.3. The number of nitrogens with one attached hydrogen (secondary N) is 1. The van der Waals surface area contributed by atoms with Gasteiger partial charge in [0, 0.05) is 31.8 Å². The van der Waals surface area contributed by atoms with E-state index in [1.165, 1.54) is 12.8 Å². The number of piperidine rings is 1. The minimum Gasteiger partial charge on any atom is -0.449 e. The minimum absolute atomic E-state index is 0.170. The second-order valence-corrected chi connectivity index (χ2v) is 6.88. The first-order valence-corrected chi connectivity index (χ1v) is 8.38. The van der Waals surface area contributed by atoms with Crippen LogP contribution in [0.5, 0.6) is 0 Å². The molecule has 2 N–H and O–H groups in total. The van der Waals surface area contributed by atoms with Crippen LogP contribution in [0, 0.1) is 11.8 Å². The van der Waals surface area contributed by atoms with E-state index in [0.717, 1.165) is 32.4 Å². The second kappa shape index (κ2) is 7.99. The van der Waals surface area contributed by atoms with Gasteiger partial charge in [0.05, 0.1) is 6.61 Å². The van der Waals surface area contributed by atoms with E-state index in [1.807, 2.05) is 18.7 Å². The number of nitrogens with zero attached hydrogens (tertiary/aromatic N) is 1. The van der Waals surface area contributed by atoms with E-state index in [-0.39, 0.29) is 12.7 Å². The Morgan fingerprint density at radius 2 is 2.00 bits per heavy atom. The van der Waals surface area contributed by atoms with Crippen LogP contribution in [0.4, 0.5) is 4.79 Å². The third-order valence-electron chi connectivity index (χ3n) is 4.64. The van der Waals surface area contributed by atoms with E-state index in [2.05, 4.69) is 5.32 Å². The van der Waals surface area contributed by atoms with E-state index in [4.69, 9.17) is 4.74 Å². The molecular weight excluding hydrogens is 268 g/mol. The van der Waals surface area contributed by atoms with Crippen molar-refractivity contribution in [3.05, 3.63) is 0 Å². The number of amides is 1. The maximum Gasteiger partial charge on any atom is 0.409 e. The SMILES string of the molecule is CC(C)COC(=O)N1CCC(N[C@@H]2CCC[C@H]2CO)CC1. The Kier molecular flexibility index (Phi) is 6.30. The van der Waals surface area contributed by atoms with Gasteiger partial charge < -0.3 is 20.1 Å². The van der Waals surface area contributed by atoms with E-state index < -0.39 is 0 Å². The number of hydrogen-bond donors (Lipinski definition) is 2. The Hall–Kier alpha value is -0.810. The number of carbonyl (C=O) groups is 1. The van der Waals surface area contributed by atoms with Crippen molar-refractivity contribution in [3.63, 3.8) is 0 Å². The maximum atomic E-state index is 11.9. The molecule has 1 saturated heterocycles. The van der Waals surface area contributed by atoms with Crippen LogP contribution in [0.15, 0.2) is 0 Å². The Morgan fingerprint density at radius 1 is 1.29 bits per heavy atom. The standard InChI is InChI=1S/C16H30N2O3/c1-12(2)11-21-16(20)18-8-6-14(7-9-18)17-15-5-3-4-13(15)10-19/h12-15,17,19H,3-11H2,1-2H3/t13-,15+/m0/s1. The first kappa shape index (κ1) is 16.6. The molecule has 1 saturated carbocycles. The molecule has 2 atom stereocenters. The zero-order valence-electron chi connectivity index (χ0n) is 13.4. The van der Waals surface area contributed by atoms with Crippen molar-refractivity contribution in [2.45, 2.75) is 58.0 Å². The van der Waals surface area contributed by atoms with Crippen molar-refractivity contribution in [2.24, 2.45) is 11.8 Å². The molecule has 0 bridgehead atoms. The first-order valence-electron chi connectivity index (χ1n) is 8.38. The fourth-order valence-electron chi connectivity index (χ4n) is 3.34. The summed E-state index contributed by atoms with van der Waals surface area (Å²) in [6, 6.07) is 0.927. The van der Waals surface area contributed by atoms with Crippen LogP contribution in [-0.4, -0.2) is 54.5 Å². The first-order chi connectivity index (χ1) is 10.1. The van der Waals surface area contributed by atoms with Gasteiger partial charge in [0.25, 0.3) is 0 Å². The fourth-order valence-corrected chi connectivity index (χ4v) is 3.34. The van der Waals surface area contributed by atoms with Crippen molar-refractivity contribution < 1.29 is 14.6 Å². The highest BCUT2D eigenvalue weighted by atomic mass is 16.6. The number of rotatable bonds is 5. The van der Waals surface area contributed by atoms with Crippen molar-refractivity contribution in [2.75, 3.05) is 26.3 Å². The number of carbonyl (C=O) groups excluding carboxylic acids is 1. The Balaban J connectivity index is 1.69. The van der Waals surface area contributed by atoms with Gasteiger partial charge in [-0.15, -0.1) is 0 Å². The molecule has 1 aliphatic carbocycles. The van der Waals surface area contributed by atoms with Crippen LogP contribution in [0.25, 0.3) is 0 Å². The average Bonchev–Trinajstić information content (AvgIpc) is 2.92. The lowest BCUT2D eigenvalue weighted by atomic mass is 10.00. The third kappa shape index (κ3) is 4.85. The molecule has 5 heteroatoms. The summed E-state index contributed by atoms with van der Waals surface area (Å²) in [5, 5.41) is 13.1. The number of aliphatic hydroxyl groups excluding tert-OH is 1. The van der Waals surface area contributed by atoms with Crippen molar-refractivity contribution in [1.82, 2.24) is 10.2 Å². The molecule has 0 aromatic carbocycles. The van der Waals surface area contributed by atoms with Gasteiger partial charge in [-0.1, -0.05) is 20.3 Å². The smallest absolute Gasteiger partial charge is 0.409 e. The van der Waals surface area contributed by atoms with Crippen LogP contribution in [-0.2, 0) is 4.74 Å². The van der Waals surface area contributed by atoms with E-state index in [1.54, 1.807) is 0 Å². The molecule has 122 valence electrons. The largest absolute Gasteiger partial charge is 0.449 e. The van der Waals surface area contributed by atoms with Crippen LogP contribution in [0.1, 0.15) is 46.0 Å². The highest BCUT2D eigenvalue weighted by molar-refractivity contribution is 5.67. The zero-order chi connectivity index (χ0) is 15.2. The molecule has 21 heavy (non-hydrogen) atoms. The summed E-state index contributed by atoms with van der Waals surface area (Å²) in [7, 11) is 0. The van der Waals surface area contributed by atoms with Crippen LogP contribution in [0.2, 0.25) is 0 Å². The molecule has 0 aromatic heterocycles. The lowest BCUT2D eigenvalue weighted by molar-refractivity contribution is 0.0801. The molecule has 1 heterocycles. The van der Waals surface area contributed by atoms with Gasteiger partial charge in [0.15, 0.2) is 0 Å². The second-order valence-electron chi connectivity index (χ2n) is 6.88. The fraction of sp³-hybridized carbons (Fsp3) is 0.938. The summed E-state index contributed by atoms with van der Waals surface area (Å²) in [5.41, 5.74) is 0. The van der Waals surface area contributed by atoms with Gasteiger partial charge >= 0.3 is 6.09 Å². The molecular formula is C16H30N2O3. The summed E-state index contributed by atoms with van der Waals surface area (Å²) in [6.07, 6.45) is 5.30. The predicted octanol–water partition coefficient (Wildman–Crippen LogP) is 1.99. The lowest BCUT2D eigenvalue weighted by Crippen LogP contribution is -2.49. The summed E-state index contributed by atoms with van der Waals surface area (Å²) >= 11 is 0. The van der Waals surface area contributed by atoms with E-state index in [0.29, 0.717) is 30.5 Å². The highest BCUT2D eigenvalue weighted by Gasteiger charge is 2.30. The van der Waals surface area contributed by atoms with Gasteiger partial charge in [-0.25, -0.2) is 4.79 Å². The van der Waals surface area contributed by atoms with Crippen molar-refractivity contribution in [3.8, 4) is 0 Å². The summed E-state index contributed by atoms with van der Waals surface area (Å²) in [5.74, 6) is 0.796. The monoisotopic (exact) mass is 298 g/mol.